The quantitative estimate of drug-likeness (QED) is 0.414. The Hall–Kier alpha value is -3.47. The molecule has 0 saturated carbocycles. The van der Waals surface area contributed by atoms with Gasteiger partial charge in [0.05, 0.1) is 12.2 Å². The van der Waals surface area contributed by atoms with E-state index in [1.807, 2.05) is 42.6 Å². The number of hydrogen-bond donors (Lipinski definition) is 1. The molecule has 5 nitrogen and oxygen atoms in total. The molecule has 0 radical (unpaired) electrons. The van der Waals surface area contributed by atoms with Gasteiger partial charge in [0.15, 0.2) is 0 Å². The van der Waals surface area contributed by atoms with E-state index in [-0.39, 0.29) is 17.4 Å². The lowest BCUT2D eigenvalue weighted by Crippen LogP contribution is -2.40. The minimum absolute atomic E-state index is 0.0769. The minimum Gasteiger partial charge on any atom is -0.462 e. The number of benzene rings is 1. The van der Waals surface area contributed by atoms with Gasteiger partial charge >= 0.3 is 5.97 Å². The van der Waals surface area contributed by atoms with Crippen molar-refractivity contribution in [3.63, 3.8) is 0 Å². The average molecular weight is 429 g/mol. The largest absolute Gasteiger partial charge is 0.462 e. The minimum atomic E-state index is -0.507. The van der Waals surface area contributed by atoms with Crippen LogP contribution in [-0.4, -0.2) is 23.8 Å². The van der Waals surface area contributed by atoms with Crippen molar-refractivity contribution in [2.45, 2.75) is 39.2 Å². The predicted molar refractivity (Wildman–Crippen MR) is 128 cm³/mol. The lowest BCUT2D eigenvalue weighted by Gasteiger charge is -2.45. The Labute approximate surface area is 188 Å². The number of carbonyl (C=O) groups excluding carboxylic acids is 1. The first-order valence-corrected chi connectivity index (χ1v) is 11.0. The van der Waals surface area contributed by atoms with Crippen LogP contribution in [0.25, 0.3) is 6.08 Å². The van der Waals surface area contributed by atoms with Crippen LogP contribution in [-0.2, 0) is 16.7 Å². The molecule has 0 spiro atoms. The molecular formula is C27H28N2O3. The van der Waals surface area contributed by atoms with E-state index >= 15 is 0 Å². The van der Waals surface area contributed by atoms with Gasteiger partial charge < -0.3 is 9.72 Å². The molecule has 1 aromatic heterocycles. The van der Waals surface area contributed by atoms with E-state index in [4.69, 9.17) is 9.73 Å². The first kappa shape index (κ1) is 21.8. The molecule has 0 fully saturated rings. The van der Waals surface area contributed by atoms with Gasteiger partial charge in [0.2, 0.25) is 5.56 Å². The van der Waals surface area contributed by atoms with Gasteiger partial charge in [-0.25, -0.2) is 4.79 Å². The molecule has 1 aromatic carbocycles. The molecular weight excluding hydrogens is 400 g/mol. The molecule has 0 aliphatic heterocycles. The van der Waals surface area contributed by atoms with Gasteiger partial charge in [-0.1, -0.05) is 35.9 Å². The third-order valence-corrected chi connectivity index (χ3v) is 6.15. The van der Waals surface area contributed by atoms with Crippen molar-refractivity contribution in [1.29, 1.82) is 0 Å². The highest BCUT2D eigenvalue weighted by Gasteiger charge is 2.46. The van der Waals surface area contributed by atoms with Gasteiger partial charge in [0.1, 0.15) is 5.54 Å². The summed E-state index contributed by atoms with van der Waals surface area (Å²) in [6.45, 7) is 6.36. The SMILES string of the molecule is C/C=C1\[C@H]2C=C(C)C[C@]1(/N=C/C=C/c1cccc(C(=O)OCC)c1)c1ccc(=O)[nH]c1C2. The van der Waals surface area contributed by atoms with Gasteiger partial charge in [-0.15, -0.1) is 0 Å². The molecule has 2 aliphatic rings. The molecule has 2 bridgehead atoms. The van der Waals surface area contributed by atoms with Crippen LogP contribution in [0.3, 0.4) is 0 Å². The Bertz CT molecular complexity index is 1220. The number of ether oxygens (including phenoxy) is 1. The van der Waals surface area contributed by atoms with Gasteiger partial charge in [-0.3, -0.25) is 9.79 Å². The fraction of sp³-hybridized carbons (Fsp3) is 0.296. The summed E-state index contributed by atoms with van der Waals surface area (Å²) in [4.78, 5) is 32.0. The lowest BCUT2D eigenvalue weighted by molar-refractivity contribution is 0.0526. The standard InChI is InChI=1S/C27H28N2O3/c1-4-22-21-14-18(3)17-27(22,23-11-12-25(30)29-24(23)16-21)28-13-7-9-19-8-6-10-20(15-19)26(31)32-5-2/h4,6-15,21H,5,16-17H2,1-3H3,(H,29,30)/b9-7+,22-4+,28-13+/t21-,27+/m0/s1. The first-order valence-electron chi connectivity index (χ1n) is 11.0. The van der Waals surface area contributed by atoms with Gasteiger partial charge in [-0.05, 0) is 62.6 Å². The molecule has 164 valence electrons. The molecule has 2 atom stereocenters. The number of hydrogen-bond acceptors (Lipinski definition) is 4. The maximum atomic E-state index is 12.0. The number of nitrogens with zero attached hydrogens (tertiary/aromatic N) is 1. The second kappa shape index (κ2) is 8.95. The van der Waals surface area contributed by atoms with Crippen LogP contribution in [0, 0.1) is 5.92 Å². The number of H-pyrrole nitrogens is 1. The summed E-state index contributed by atoms with van der Waals surface area (Å²) in [5.41, 5.74) is 5.47. The lowest BCUT2D eigenvalue weighted by atomic mass is 9.63. The molecule has 1 N–H and O–H groups in total. The van der Waals surface area contributed by atoms with E-state index in [1.165, 1.54) is 11.1 Å². The zero-order chi connectivity index (χ0) is 22.7. The monoisotopic (exact) mass is 428 g/mol. The normalized spacial score (nSPS) is 23.4. The number of rotatable bonds is 5. The van der Waals surface area contributed by atoms with Crippen molar-refractivity contribution < 1.29 is 9.53 Å². The number of pyridine rings is 1. The number of allylic oxidation sites excluding steroid dienone is 3. The second-order valence-corrected chi connectivity index (χ2v) is 8.30. The molecule has 2 aliphatic carbocycles. The number of fused-ring (bicyclic) bond motifs is 4. The Morgan fingerprint density at radius 3 is 2.94 bits per heavy atom. The number of aromatic nitrogens is 1. The van der Waals surface area contributed by atoms with Crippen molar-refractivity contribution in [2.24, 2.45) is 10.9 Å². The molecule has 0 unspecified atom stereocenters. The van der Waals surface area contributed by atoms with Gasteiger partial charge in [0, 0.05) is 35.9 Å². The van der Waals surface area contributed by atoms with E-state index in [0.29, 0.717) is 12.2 Å². The third-order valence-electron chi connectivity index (χ3n) is 6.15. The van der Waals surface area contributed by atoms with E-state index in [2.05, 4.69) is 31.0 Å². The van der Waals surface area contributed by atoms with E-state index in [1.54, 1.807) is 19.1 Å². The number of aromatic amines is 1. The van der Waals surface area contributed by atoms with Crippen LogP contribution in [0.5, 0.6) is 0 Å². The molecule has 5 heteroatoms. The number of nitrogens with one attached hydrogen (secondary N) is 1. The van der Waals surface area contributed by atoms with Crippen LogP contribution in [0.15, 0.2) is 75.6 Å². The molecule has 2 aromatic rings. The number of aliphatic imine (C=N–C) groups is 1. The van der Waals surface area contributed by atoms with Crippen molar-refractivity contribution in [3.05, 3.63) is 98.5 Å². The highest BCUT2D eigenvalue weighted by atomic mass is 16.5. The maximum Gasteiger partial charge on any atom is 0.338 e. The fourth-order valence-electron chi connectivity index (χ4n) is 4.96. The van der Waals surface area contributed by atoms with Gasteiger partial charge in [-0.2, -0.15) is 0 Å². The Balaban J connectivity index is 1.68. The van der Waals surface area contributed by atoms with Crippen molar-refractivity contribution in [1.82, 2.24) is 4.98 Å². The van der Waals surface area contributed by atoms with E-state index in [0.717, 1.165) is 29.7 Å². The smallest absolute Gasteiger partial charge is 0.338 e. The van der Waals surface area contributed by atoms with Crippen LogP contribution in [0.1, 0.15) is 54.4 Å². The Morgan fingerprint density at radius 1 is 1.31 bits per heavy atom. The fourth-order valence-corrected chi connectivity index (χ4v) is 4.96. The Kier molecular flexibility index (Phi) is 6.08. The summed E-state index contributed by atoms with van der Waals surface area (Å²) < 4.78 is 5.08. The molecule has 32 heavy (non-hydrogen) atoms. The van der Waals surface area contributed by atoms with Crippen LogP contribution in [0.2, 0.25) is 0 Å². The highest BCUT2D eigenvalue weighted by Crippen LogP contribution is 2.51. The summed E-state index contributed by atoms with van der Waals surface area (Å²) in [5.74, 6) is -0.0852. The molecule has 0 amide bonds. The zero-order valence-electron chi connectivity index (χ0n) is 18.7. The summed E-state index contributed by atoms with van der Waals surface area (Å²) >= 11 is 0. The van der Waals surface area contributed by atoms with Crippen LogP contribution < -0.4 is 5.56 Å². The van der Waals surface area contributed by atoms with Crippen LogP contribution in [0.4, 0.5) is 0 Å². The number of esters is 1. The Morgan fingerprint density at radius 2 is 2.16 bits per heavy atom. The van der Waals surface area contributed by atoms with E-state index < -0.39 is 5.54 Å². The molecule has 0 saturated heterocycles. The average Bonchev–Trinajstić information content (AvgIpc) is 2.76. The highest BCUT2D eigenvalue weighted by molar-refractivity contribution is 5.90. The first-order chi connectivity index (χ1) is 15.5. The zero-order valence-corrected chi connectivity index (χ0v) is 18.7. The predicted octanol–water partition coefficient (Wildman–Crippen LogP) is 5.00. The van der Waals surface area contributed by atoms with Gasteiger partial charge in [0.25, 0.3) is 0 Å². The van der Waals surface area contributed by atoms with Crippen molar-refractivity contribution in [3.8, 4) is 0 Å². The van der Waals surface area contributed by atoms with Crippen LogP contribution >= 0.6 is 0 Å². The number of carbonyl (C=O) groups is 1. The van der Waals surface area contributed by atoms with Crippen molar-refractivity contribution in [2.75, 3.05) is 6.61 Å². The summed E-state index contributed by atoms with van der Waals surface area (Å²) in [6, 6.07) is 10.9. The maximum absolute atomic E-state index is 12.0. The van der Waals surface area contributed by atoms with Crippen molar-refractivity contribution >= 4 is 18.3 Å². The van der Waals surface area contributed by atoms with E-state index in [9.17, 15) is 9.59 Å². The molecule has 4 rings (SSSR count). The summed E-state index contributed by atoms with van der Waals surface area (Å²) in [5, 5.41) is 0. The summed E-state index contributed by atoms with van der Waals surface area (Å²) in [7, 11) is 0. The summed E-state index contributed by atoms with van der Waals surface area (Å²) in [6.07, 6.45) is 11.7. The second-order valence-electron chi connectivity index (χ2n) is 8.30. The third kappa shape index (κ3) is 4.03. The topological polar surface area (TPSA) is 71.5 Å². The molecule has 1 heterocycles.